The van der Waals surface area contributed by atoms with Crippen molar-refractivity contribution in [3.63, 3.8) is 0 Å². The molecule has 3 aromatic rings. The lowest BCUT2D eigenvalue weighted by Gasteiger charge is -2.19. The van der Waals surface area contributed by atoms with Crippen LogP contribution in [0.15, 0.2) is 42.5 Å². The molecule has 0 bridgehead atoms. The molecular formula is C21H20FN3O5. The van der Waals surface area contributed by atoms with Crippen LogP contribution in [0.1, 0.15) is 41.5 Å². The van der Waals surface area contributed by atoms with E-state index in [1.807, 2.05) is 0 Å². The molecule has 0 aliphatic rings. The van der Waals surface area contributed by atoms with Crippen LogP contribution in [0, 0.1) is 5.82 Å². The second-order valence-electron chi connectivity index (χ2n) is 7.43. The van der Waals surface area contributed by atoms with Gasteiger partial charge in [0.1, 0.15) is 11.4 Å². The Kier molecular flexibility index (Phi) is 5.55. The molecule has 156 valence electrons. The molecule has 0 unspecified atom stereocenters. The predicted octanol–water partition coefficient (Wildman–Crippen LogP) is 4.00. The van der Waals surface area contributed by atoms with Gasteiger partial charge in [-0.2, -0.15) is 4.68 Å². The SMILES string of the molecule is COC(=O)c1ccc2c(c1)c(NC(=O)c1ccc(F)cc1)nn2C(=O)OC(C)(C)C. The zero-order chi connectivity index (χ0) is 22.1. The van der Waals surface area contributed by atoms with Crippen molar-refractivity contribution in [3.05, 3.63) is 59.4 Å². The third-order valence-corrected chi connectivity index (χ3v) is 4.01. The molecule has 30 heavy (non-hydrogen) atoms. The Balaban J connectivity index is 2.06. The number of halogens is 1. The Hall–Kier alpha value is -3.75. The molecule has 1 heterocycles. The minimum absolute atomic E-state index is 0.0379. The van der Waals surface area contributed by atoms with Gasteiger partial charge in [-0.25, -0.2) is 14.0 Å². The van der Waals surface area contributed by atoms with Crippen LogP contribution in [-0.4, -0.2) is 40.5 Å². The zero-order valence-corrected chi connectivity index (χ0v) is 16.9. The molecule has 9 heteroatoms. The largest absolute Gasteiger partial charge is 0.465 e. The first-order chi connectivity index (χ1) is 14.1. The van der Waals surface area contributed by atoms with Crippen molar-refractivity contribution in [3.8, 4) is 0 Å². The lowest BCUT2D eigenvalue weighted by atomic mass is 10.1. The number of aromatic nitrogens is 2. The molecule has 8 nitrogen and oxygen atoms in total. The van der Waals surface area contributed by atoms with Crippen molar-refractivity contribution in [1.82, 2.24) is 9.78 Å². The molecule has 2 aromatic carbocycles. The number of methoxy groups -OCH3 is 1. The molecule has 0 aliphatic carbocycles. The Labute approximate surface area is 171 Å². The number of esters is 1. The molecule has 0 aliphatic heterocycles. The molecular weight excluding hydrogens is 393 g/mol. The number of carbonyl (C=O) groups is 3. The fraction of sp³-hybridized carbons (Fsp3) is 0.238. The summed E-state index contributed by atoms with van der Waals surface area (Å²) in [5, 5.41) is 7.09. The van der Waals surface area contributed by atoms with Gasteiger partial charge in [0.25, 0.3) is 5.91 Å². The van der Waals surface area contributed by atoms with Gasteiger partial charge in [-0.3, -0.25) is 4.79 Å². The Morgan fingerprint density at radius 3 is 2.27 bits per heavy atom. The standard InChI is InChI=1S/C21H20FN3O5/c1-21(2,3)30-20(28)25-16-10-7-13(19(27)29-4)11-15(16)17(24-25)23-18(26)12-5-8-14(22)9-6-12/h5-11H,1-4H3,(H,23,24,26). The van der Waals surface area contributed by atoms with Gasteiger partial charge in [-0.05, 0) is 63.2 Å². The highest BCUT2D eigenvalue weighted by atomic mass is 19.1. The van der Waals surface area contributed by atoms with Crippen molar-refractivity contribution in [1.29, 1.82) is 0 Å². The number of anilines is 1. The second kappa shape index (κ2) is 7.94. The van der Waals surface area contributed by atoms with Crippen molar-refractivity contribution in [2.75, 3.05) is 12.4 Å². The fourth-order valence-electron chi connectivity index (χ4n) is 2.68. The molecule has 1 N–H and O–H groups in total. The van der Waals surface area contributed by atoms with Crippen LogP contribution in [-0.2, 0) is 9.47 Å². The van der Waals surface area contributed by atoms with E-state index in [-0.39, 0.29) is 16.9 Å². The number of nitrogens with one attached hydrogen (secondary N) is 1. The van der Waals surface area contributed by atoms with E-state index in [9.17, 15) is 18.8 Å². The second-order valence-corrected chi connectivity index (χ2v) is 7.43. The zero-order valence-electron chi connectivity index (χ0n) is 16.9. The number of hydrogen-bond donors (Lipinski definition) is 1. The maximum absolute atomic E-state index is 13.1. The van der Waals surface area contributed by atoms with E-state index in [0.29, 0.717) is 10.9 Å². The predicted molar refractivity (Wildman–Crippen MR) is 107 cm³/mol. The third-order valence-electron chi connectivity index (χ3n) is 4.01. The first kappa shape index (κ1) is 21.0. The van der Waals surface area contributed by atoms with Crippen LogP contribution < -0.4 is 5.32 Å². The summed E-state index contributed by atoms with van der Waals surface area (Å²) in [6.45, 7) is 5.13. The van der Waals surface area contributed by atoms with E-state index in [4.69, 9.17) is 9.47 Å². The normalized spacial score (nSPS) is 11.2. The van der Waals surface area contributed by atoms with Gasteiger partial charge in [0.05, 0.1) is 18.2 Å². The number of ether oxygens (including phenoxy) is 2. The average Bonchev–Trinajstić information content (AvgIpc) is 3.04. The first-order valence-corrected chi connectivity index (χ1v) is 9.00. The summed E-state index contributed by atoms with van der Waals surface area (Å²) in [7, 11) is 1.24. The molecule has 0 spiro atoms. The molecule has 0 saturated heterocycles. The van der Waals surface area contributed by atoms with E-state index in [2.05, 4.69) is 10.4 Å². The summed E-state index contributed by atoms with van der Waals surface area (Å²) in [4.78, 5) is 37.1. The highest BCUT2D eigenvalue weighted by molar-refractivity contribution is 6.09. The van der Waals surface area contributed by atoms with Crippen LogP contribution in [0.3, 0.4) is 0 Å². The van der Waals surface area contributed by atoms with Gasteiger partial charge in [-0.1, -0.05) is 0 Å². The number of fused-ring (bicyclic) bond motifs is 1. The molecule has 0 fully saturated rings. The number of rotatable bonds is 3. The molecule has 0 saturated carbocycles. The maximum Gasteiger partial charge on any atom is 0.435 e. The summed E-state index contributed by atoms with van der Waals surface area (Å²) >= 11 is 0. The monoisotopic (exact) mass is 413 g/mol. The molecule has 3 rings (SSSR count). The lowest BCUT2D eigenvalue weighted by molar-refractivity contribution is 0.0522. The third kappa shape index (κ3) is 4.45. The fourth-order valence-corrected chi connectivity index (χ4v) is 2.68. The number of nitrogens with zero attached hydrogens (tertiary/aromatic N) is 2. The molecule has 1 amide bonds. The van der Waals surface area contributed by atoms with Crippen molar-refractivity contribution >= 4 is 34.7 Å². The van der Waals surface area contributed by atoms with E-state index in [1.165, 1.54) is 37.4 Å². The topological polar surface area (TPSA) is 99.5 Å². The quantitative estimate of drug-likeness (QED) is 0.652. The summed E-state index contributed by atoms with van der Waals surface area (Å²) in [5.74, 6) is -1.59. The van der Waals surface area contributed by atoms with Gasteiger partial charge < -0.3 is 14.8 Å². The average molecular weight is 413 g/mol. The first-order valence-electron chi connectivity index (χ1n) is 9.00. The highest BCUT2D eigenvalue weighted by Gasteiger charge is 2.24. The highest BCUT2D eigenvalue weighted by Crippen LogP contribution is 2.26. The summed E-state index contributed by atoms with van der Waals surface area (Å²) < 4.78 is 24.2. The minimum atomic E-state index is -0.765. The van der Waals surface area contributed by atoms with Crippen molar-refractivity contribution in [2.24, 2.45) is 0 Å². The van der Waals surface area contributed by atoms with Crippen LogP contribution in [0.4, 0.5) is 15.0 Å². The minimum Gasteiger partial charge on any atom is -0.465 e. The maximum atomic E-state index is 13.1. The van der Waals surface area contributed by atoms with Crippen LogP contribution >= 0.6 is 0 Å². The van der Waals surface area contributed by atoms with E-state index in [1.54, 1.807) is 20.8 Å². The number of hydrogen-bond acceptors (Lipinski definition) is 6. The van der Waals surface area contributed by atoms with Crippen LogP contribution in [0.25, 0.3) is 10.9 Å². The van der Waals surface area contributed by atoms with Crippen LogP contribution in [0.5, 0.6) is 0 Å². The Morgan fingerprint density at radius 1 is 1.03 bits per heavy atom. The van der Waals surface area contributed by atoms with Crippen LogP contribution in [0.2, 0.25) is 0 Å². The summed E-state index contributed by atoms with van der Waals surface area (Å²) in [6.07, 6.45) is -0.749. The number of amides is 1. The lowest BCUT2D eigenvalue weighted by Crippen LogP contribution is -2.27. The van der Waals surface area contributed by atoms with E-state index < -0.39 is 29.4 Å². The van der Waals surface area contributed by atoms with Crippen molar-refractivity contribution in [2.45, 2.75) is 26.4 Å². The molecule has 0 radical (unpaired) electrons. The van der Waals surface area contributed by atoms with Gasteiger partial charge in [0.15, 0.2) is 5.82 Å². The number of benzene rings is 2. The van der Waals surface area contributed by atoms with E-state index >= 15 is 0 Å². The Morgan fingerprint density at radius 2 is 1.67 bits per heavy atom. The van der Waals surface area contributed by atoms with Gasteiger partial charge in [-0.15, -0.1) is 5.10 Å². The Bertz CT molecular complexity index is 1130. The van der Waals surface area contributed by atoms with Gasteiger partial charge >= 0.3 is 12.1 Å². The van der Waals surface area contributed by atoms with Crippen molar-refractivity contribution < 1.29 is 28.2 Å². The van der Waals surface area contributed by atoms with Gasteiger partial charge in [0, 0.05) is 10.9 Å². The van der Waals surface area contributed by atoms with Gasteiger partial charge in [0.2, 0.25) is 0 Å². The molecule has 1 aromatic heterocycles. The summed E-state index contributed by atoms with van der Waals surface area (Å²) in [6, 6.07) is 9.38. The summed E-state index contributed by atoms with van der Waals surface area (Å²) in [5.41, 5.74) is -0.0310. The number of carbonyl (C=O) groups excluding carboxylic acids is 3. The molecule has 0 atom stereocenters. The van der Waals surface area contributed by atoms with E-state index in [0.717, 1.165) is 16.8 Å². The smallest absolute Gasteiger partial charge is 0.435 e.